The van der Waals surface area contributed by atoms with Crippen LogP contribution in [0.4, 0.5) is 10.5 Å². The fraction of sp³-hybridized carbons (Fsp3) is 0.105. The average Bonchev–Trinajstić information content (AvgIpc) is 2.95. The normalized spacial score (nSPS) is 12.6. The third kappa shape index (κ3) is 3.29. The van der Waals surface area contributed by atoms with Crippen molar-refractivity contribution < 1.29 is 19.4 Å². The van der Waals surface area contributed by atoms with Crippen molar-refractivity contribution in [2.24, 2.45) is 0 Å². The smallest absolute Gasteiger partial charge is 0.455 e. The van der Waals surface area contributed by atoms with E-state index < -0.39 is 6.16 Å². The molecule has 1 aromatic heterocycles. The third-order valence-corrected chi connectivity index (χ3v) is 4.80. The van der Waals surface area contributed by atoms with Gasteiger partial charge in [-0.2, -0.15) is 0 Å². The van der Waals surface area contributed by atoms with Crippen LogP contribution in [0.15, 0.2) is 60.0 Å². The highest BCUT2D eigenvalue weighted by Crippen LogP contribution is 2.39. The Balaban J connectivity index is 1.66. The van der Waals surface area contributed by atoms with E-state index in [1.165, 1.54) is 11.3 Å². The molecule has 0 atom stereocenters. The molecule has 126 valence electrons. The summed E-state index contributed by atoms with van der Waals surface area (Å²) < 4.78 is 10.8. The number of rotatable bonds is 3. The van der Waals surface area contributed by atoms with Gasteiger partial charge in [-0.1, -0.05) is 30.3 Å². The predicted molar refractivity (Wildman–Crippen MR) is 95.8 cm³/mol. The van der Waals surface area contributed by atoms with Crippen molar-refractivity contribution in [3.63, 3.8) is 0 Å². The Kier molecular flexibility index (Phi) is 4.03. The Morgan fingerprint density at radius 1 is 1.16 bits per heavy atom. The molecule has 3 aromatic rings. The van der Waals surface area contributed by atoms with Crippen LogP contribution >= 0.6 is 11.3 Å². The van der Waals surface area contributed by atoms with Gasteiger partial charge in [0.05, 0.1) is 5.69 Å². The second-order valence-corrected chi connectivity index (χ2v) is 6.55. The van der Waals surface area contributed by atoms with E-state index >= 15 is 0 Å². The van der Waals surface area contributed by atoms with Crippen molar-refractivity contribution in [3.05, 3.63) is 71.1 Å². The second kappa shape index (κ2) is 6.49. The van der Waals surface area contributed by atoms with Gasteiger partial charge in [0.25, 0.3) is 0 Å². The van der Waals surface area contributed by atoms with Crippen LogP contribution in [0.3, 0.4) is 0 Å². The van der Waals surface area contributed by atoms with Crippen LogP contribution in [-0.2, 0) is 13.1 Å². The zero-order valence-corrected chi connectivity index (χ0v) is 14.0. The first-order valence-electron chi connectivity index (χ1n) is 7.77. The lowest BCUT2D eigenvalue weighted by Gasteiger charge is -2.23. The molecule has 0 amide bonds. The van der Waals surface area contributed by atoms with E-state index in [9.17, 15) is 4.79 Å². The first kappa shape index (κ1) is 15.5. The van der Waals surface area contributed by atoms with Crippen molar-refractivity contribution in [2.45, 2.75) is 13.1 Å². The quantitative estimate of drug-likeness (QED) is 0.663. The van der Waals surface area contributed by atoms with Gasteiger partial charge in [0.2, 0.25) is 0 Å². The highest BCUT2D eigenvalue weighted by atomic mass is 32.1. The molecular weight excluding hydrogens is 338 g/mol. The summed E-state index contributed by atoms with van der Waals surface area (Å²) in [6.07, 6.45) is -1.30. The Bertz CT molecular complexity index is 921. The maximum absolute atomic E-state index is 10.7. The molecule has 0 saturated carbocycles. The van der Waals surface area contributed by atoms with Gasteiger partial charge in [-0.05, 0) is 35.2 Å². The molecule has 1 aliphatic heterocycles. The molecule has 0 spiro atoms. The number of thiophene rings is 1. The number of anilines is 1. The van der Waals surface area contributed by atoms with E-state index in [0.29, 0.717) is 18.2 Å². The largest absolute Gasteiger partial charge is 0.512 e. The average molecular weight is 353 g/mol. The monoisotopic (exact) mass is 353 g/mol. The van der Waals surface area contributed by atoms with E-state index in [4.69, 9.17) is 14.6 Å². The number of hydrogen-bond acceptors (Lipinski definition) is 5. The maximum Gasteiger partial charge on any atom is 0.512 e. The summed E-state index contributed by atoms with van der Waals surface area (Å²) in [7, 11) is 0. The van der Waals surface area contributed by atoms with Gasteiger partial charge in [-0.3, -0.25) is 0 Å². The zero-order chi connectivity index (χ0) is 17.2. The Labute approximate surface area is 148 Å². The van der Waals surface area contributed by atoms with Crippen LogP contribution in [0.5, 0.6) is 16.6 Å². The number of ether oxygens (including phenoxy) is 2. The molecule has 1 N–H and O–H groups in total. The SMILES string of the molecule is O=C(O)Oc1cc(CN2Cc3ccccc3Oc3ccccc32)cs1. The minimum Gasteiger partial charge on any atom is -0.455 e. The predicted octanol–water partition coefficient (Wildman–Crippen LogP) is 5.12. The topological polar surface area (TPSA) is 59.0 Å². The Hall–Kier alpha value is -2.99. The van der Waals surface area contributed by atoms with E-state index in [1.54, 1.807) is 6.07 Å². The number of hydrogen-bond donors (Lipinski definition) is 1. The maximum atomic E-state index is 10.7. The van der Waals surface area contributed by atoms with Crippen molar-refractivity contribution in [1.29, 1.82) is 0 Å². The molecule has 2 heterocycles. The highest BCUT2D eigenvalue weighted by molar-refractivity contribution is 7.12. The number of para-hydroxylation sites is 3. The van der Waals surface area contributed by atoms with Crippen LogP contribution in [0.1, 0.15) is 11.1 Å². The van der Waals surface area contributed by atoms with Gasteiger partial charge in [-0.15, -0.1) is 11.3 Å². The Morgan fingerprint density at radius 3 is 2.76 bits per heavy atom. The molecular formula is C19H15NO4S. The lowest BCUT2D eigenvalue weighted by molar-refractivity contribution is 0.146. The first-order chi connectivity index (χ1) is 12.2. The van der Waals surface area contributed by atoms with Crippen molar-refractivity contribution in [2.75, 3.05) is 4.90 Å². The molecule has 4 rings (SSSR count). The third-order valence-electron chi connectivity index (χ3n) is 3.95. The van der Waals surface area contributed by atoms with Crippen molar-refractivity contribution in [3.8, 4) is 16.6 Å². The summed E-state index contributed by atoms with van der Waals surface area (Å²) in [5.74, 6) is 1.67. The lowest BCUT2D eigenvalue weighted by Crippen LogP contribution is -2.20. The highest BCUT2D eigenvalue weighted by Gasteiger charge is 2.20. The summed E-state index contributed by atoms with van der Waals surface area (Å²) >= 11 is 1.28. The Morgan fingerprint density at radius 2 is 1.92 bits per heavy atom. The van der Waals surface area contributed by atoms with E-state index in [0.717, 1.165) is 28.3 Å². The summed E-state index contributed by atoms with van der Waals surface area (Å²) in [5.41, 5.74) is 3.11. The number of carboxylic acid groups (broad SMARTS) is 1. The molecule has 0 saturated heterocycles. The minimum atomic E-state index is -1.30. The van der Waals surface area contributed by atoms with E-state index in [1.807, 2.05) is 47.8 Å². The molecule has 0 bridgehead atoms. The molecule has 5 nitrogen and oxygen atoms in total. The number of nitrogens with zero attached hydrogens (tertiary/aromatic N) is 1. The van der Waals surface area contributed by atoms with Gasteiger partial charge in [0.1, 0.15) is 5.75 Å². The molecule has 0 fully saturated rings. The fourth-order valence-corrected chi connectivity index (χ4v) is 3.63. The van der Waals surface area contributed by atoms with Gasteiger partial charge in [-0.25, -0.2) is 4.79 Å². The van der Waals surface area contributed by atoms with Crippen LogP contribution in [0, 0.1) is 0 Å². The van der Waals surface area contributed by atoms with Gasteiger partial charge in [0.15, 0.2) is 10.8 Å². The molecule has 25 heavy (non-hydrogen) atoms. The van der Waals surface area contributed by atoms with Crippen molar-refractivity contribution >= 4 is 23.2 Å². The van der Waals surface area contributed by atoms with Crippen LogP contribution < -0.4 is 14.4 Å². The van der Waals surface area contributed by atoms with E-state index in [2.05, 4.69) is 11.0 Å². The summed E-state index contributed by atoms with van der Waals surface area (Å²) in [6.45, 7) is 1.34. The number of fused-ring (bicyclic) bond motifs is 2. The molecule has 0 radical (unpaired) electrons. The second-order valence-electron chi connectivity index (χ2n) is 5.68. The lowest BCUT2D eigenvalue weighted by atomic mass is 10.1. The first-order valence-corrected chi connectivity index (χ1v) is 8.65. The molecule has 0 unspecified atom stereocenters. The number of carbonyl (C=O) groups is 1. The minimum absolute atomic E-state index is 0.377. The zero-order valence-electron chi connectivity index (χ0n) is 13.2. The van der Waals surface area contributed by atoms with E-state index in [-0.39, 0.29) is 0 Å². The van der Waals surface area contributed by atoms with Crippen molar-refractivity contribution in [1.82, 2.24) is 0 Å². The van der Waals surface area contributed by atoms with Gasteiger partial charge < -0.3 is 19.5 Å². The molecule has 1 aliphatic rings. The van der Waals surface area contributed by atoms with Gasteiger partial charge >= 0.3 is 6.16 Å². The standard InChI is InChI=1S/C19H15NO4S/c21-19(22)24-18-9-13(12-25-18)10-20-11-14-5-1-3-7-16(14)23-17-8-4-2-6-15(17)20/h1-9,12H,10-11H2,(H,21,22). The van der Waals surface area contributed by atoms with Crippen LogP contribution in [0.25, 0.3) is 0 Å². The summed E-state index contributed by atoms with van der Waals surface area (Å²) in [6, 6.07) is 17.7. The number of benzene rings is 2. The fourth-order valence-electron chi connectivity index (χ4n) is 2.89. The van der Waals surface area contributed by atoms with Crippen LogP contribution in [0.2, 0.25) is 0 Å². The van der Waals surface area contributed by atoms with Crippen LogP contribution in [-0.4, -0.2) is 11.3 Å². The molecule has 2 aromatic carbocycles. The molecule has 0 aliphatic carbocycles. The van der Waals surface area contributed by atoms with Gasteiger partial charge in [0, 0.05) is 18.7 Å². The summed E-state index contributed by atoms with van der Waals surface area (Å²) in [5, 5.41) is 11.0. The summed E-state index contributed by atoms with van der Waals surface area (Å²) in [4.78, 5) is 12.9. The molecule has 6 heteroatoms.